The zero-order chi connectivity index (χ0) is 22.9. The number of hydrogen-bond acceptors (Lipinski definition) is 5. The van der Waals surface area contributed by atoms with E-state index in [1.165, 1.54) is 0 Å². The molecule has 0 bridgehead atoms. The van der Waals surface area contributed by atoms with Crippen molar-refractivity contribution in [1.29, 1.82) is 0 Å². The molecule has 6 nitrogen and oxygen atoms in total. The van der Waals surface area contributed by atoms with Crippen LogP contribution in [-0.2, 0) is 30.5 Å². The molecular weight excluding hydrogens is 382 g/mol. The average Bonchev–Trinajstić information content (AvgIpc) is 2.62. The molecule has 1 amide bonds. The van der Waals surface area contributed by atoms with Gasteiger partial charge in [0.1, 0.15) is 18.2 Å². The van der Waals surface area contributed by atoms with Gasteiger partial charge >= 0.3 is 11.9 Å². The van der Waals surface area contributed by atoms with Crippen LogP contribution in [0.3, 0.4) is 0 Å². The Bertz CT molecular complexity index is 728. The molecule has 1 rings (SSSR count). The van der Waals surface area contributed by atoms with Gasteiger partial charge in [0, 0.05) is 0 Å². The first-order valence-electron chi connectivity index (χ1n) is 10.2. The van der Waals surface area contributed by atoms with Crippen molar-refractivity contribution in [2.24, 2.45) is 11.3 Å². The molecule has 0 fully saturated rings. The van der Waals surface area contributed by atoms with Crippen molar-refractivity contribution >= 4 is 17.8 Å². The summed E-state index contributed by atoms with van der Waals surface area (Å²) >= 11 is 0. The topological polar surface area (TPSA) is 81.7 Å². The van der Waals surface area contributed by atoms with Crippen molar-refractivity contribution < 1.29 is 23.9 Å². The van der Waals surface area contributed by atoms with Gasteiger partial charge in [-0.1, -0.05) is 57.2 Å². The van der Waals surface area contributed by atoms with E-state index in [9.17, 15) is 14.4 Å². The fourth-order valence-corrected chi connectivity index (χ4v) is 2.77. The molecule has 30 heavy (non-hydrogen) atoms. The predicted octanol–water partition coefficient (Wildman–Crippen LogP) is 4.18. The summed E-state index contributed by atoms with van der Waals surface area (Å²) in [7, 11) is 0. The van der Waals surface area contributed by atoms with Crippen LogP contribution in [0.25, 0.3) is 0 Å². The first-order chi connectivity index (χ1) is 13.8. The van der Waals surface area contributed by atoms with Crippen LogP contribution in [0.5, 0.6) is 0 Å². The van der Waals surface area contributed by atoms with Crippen molar-refractivity contribution in [2.45, 2.75) is 72.6 Å². The summed E-state index contributed by atoms with van der Waals surface area (Å²) in [5.74, 6) is -2.07. The molecule has 1 aromatic rings. The first kappa shape index (κ1) is 25.4. The summed E-state index contributed by atoms with van der Waals surface area (Å²) in [5.41, 5.74) is -0.352. The van der Waals surface area contributed by atoms with Crippen LogP contribution >= 0.6 is 0 Å². The van der Waals surface area contributed by atoms with E-state index in [-0.39, 0.29) is 13.0 Å². The number of hydrogen-bond donors (Lipinski definition) is 1. The predicted molar refractivity (Wildman–Crippen MR) is 116 cm³/mol. The molecular formula is C24H35NO5. The van der Waals surface area contributed by atoms with Crippen LogP contribution in [0.15, 0.2) is 43.0 Å². The van der Waals surface area contributed by atoms with Gasteiger partial charge in [-0.25, -0.2) is 4.79 Å². The summed E-state index contributed by atoms with van der Waals surface area (Å²) in [5, 5.41) is 2.78. The molecule has 0 aromatic heterocycles. The van der Waals surface area contributed by atoms with Gasteiger partial charge in [0.15, 0.2) is 0 Å². The molecule has 0 aliphatic carbocycles. The fourth-order valence-electron chi connectivity index (χ4n) is 2.77. The van der Waals surface area contributed by atoms with Gasteiger partial charge in [-0.2, -0.15) is 0 Å². The Labute approximate surface area is 180 Å². The highest BCUT2D eigenvalue weighted by atomic mass is 16.6. The Balaban J connectivity index is 2.85. The normalized spacial score (nSPS) is 13.7. The number of nitrogens with one attached hydrogen (secondary N) is 1. The van der Waals surface area contributed by atoms with Crippen LogP contribution in [0.2, 0.25) is 0 Å². The lowest BCUT2D eigenvalue weighted by Gasteiger charge is -2.31. The summed E-state index contributed by atoms with van der Waals surface area (Å²) < 4.78 is 10.8. The molecule has 1 N–H and O–H groups in total. The molecule has 0 radical (unpaired) electrons. The van der Waals surface area contributed by atoms with E-state index in [4.69, 9.17) is 9.47 Å². The highest BCUT2D eigenvalue weighted by Gasteiger charge is 2.36. The van der Waals surface area contributed by atoms with Crippen LogP contribution < -0.4 is 5.32 Å². The zero-order valence-electron chi connectivity index (χ0n) is 19.0. The molecule has 0 heterocycles. The molecule has 0 aliphatic rings. The highest BCUT2D eigenvalue weighted by Crippen LogP contribution is 2.23. The van der Waals surface area contributed by atoms with E-state index in [1.807, 2.05) is 51.1 Å². The third kappa shape index (κ3) is 9.25. The lowest BCUT2D eigenvalue weighted by atomic mass is 9.86. The maximum Gasteiger partial charge on any atom is 0.329 e. The number of allylic oxidation sites excluding steroid dienone is 1. The number of ether oxygens (including phenoxy) is 2. The van der Waals surface area contributed by atoms with Gasteiger partial charge in [0.05, 0.1) is 12.3 Å². The van der Waals surface area contributed by atoms with E-state index < -0.39 is 40.8 Å². The fraction of sp³-hybridized carbons (Fsp3) is 0.542. The average molecular weight is 418 g/mol. The number of esters is 2. The van der Waals surface area contributed by atoms with Gasteiger partial charge < -0.3 is 14.8 Å². The minimum absolute atomic E-state index is 0.0922. The largest absolute Gasteiger partial charge is 0.460 e. The molecule has 0 saturated carbocycles. The highest BCUT2D eigenvalue weighted by molar-refractivity contribution is 5.88. The summed E-state index contributed by atoms with van der Waals surface area (Å²) in [6, 6.07) is 8.47. The van der Waals surface area contributed by atoms with Gasteiger partial charge in [-0.05, 0) is 38.2 Å². The second-order valence-electron chi connectivity index (χ2n) is 9.41. The van der Waals surface area contributed by atoms with Crippen LogP contribution in [0.4, 0.5) is 0 Å². The number of amides is 1. The standard InChI is InChI=1S/C24H35NO5/c1-8-12-18(15-19(26)30-24(5,6)7)21(27)25-20(23(2,3)4)22(28)29-16-17-13-10-9-11-14-17/h8-11,13-14,18,20H,1,12,15-16H2,2-7H3,(H,25,27). The Morgan fingerprint density at radius 1 is 1.07 bits per heavy atom. The minimum Gasteiger partial charge on any atom is -0.460 e. The number of benzene rings is 1. The molecule has 1 aromatic carbocycles. The van der Waals surface area contributed by atoms with Gasteiger partial charge in [0.25, 0.3) is 0 Å². The Kier molecular flexibility index (Phi) is 9.27. The first-order valence-corrected chi connectivity index (χ1v) is 10.2. The van der Waals surface area contributed by atoms with Crippen LogP contribution in [0, 0.1) is 11.3 Å². The number of carbonyl (C=O) groups excluding carboxylic acids is 3. The lowest BCUT2D eigenvalue weighted by Crippen LogP contribution is -2.51. The lowest BCUT2D eigenvalue weighted by molar-refractivity contribution is -0.157. The van der Waals surface area contributed by atoms with Crippen LogP contribution in [0.1, 0.15) is 59.9 Å². The Morgan fingerprint density at radius 2 is 1.67 bits per heavy atom. The van der Waals surface area contributed by atoms with Crippen molar-refractivity contribution in [3.05, 3.63) is 48.6 Å². The van der Waals surface area contributed by atoms with Gasteiger partial charge in [-0.3, -0.25) is 9.59 Å². The third-order valence-corrected chi connectivity index (χ3v) is 4.27. The summed E-state index contributed by atoms with van der Waals surface area (Å²) in [6.07, 6.45) is 1.78. The molecule has 0 spiro atoms. The third-order valence-electron chi connectivity index (χ3n) is 4.27. The second-order valence-corrected chi connectivity index (χ2v) is 9.41. The monoisotopic (exact) mass is 417 g/mol. The van der Waals surface area contributed by atoms with E-state index >= 15 is 0 Å². The smallest absolute Gasteiger partial charge is 0.329 e. The Morgan fingerprint density at radius 3 is 2.17 bits per heavy atom. The number of rotatable bonds is 9. The van der Waals surface area contributed by atoms with Crippen molar-refractivity contribution in [3.63, 3.8) is 0 Å². The number of carbonyl (C=O) groups is 3. The van der Waals surface area contributed by atoms with E-state index in [0.29, 0.717) is 6.42 Å². The van der Waals surface area contributed by atoms with Crippen molar-refractivity contribution in [1.82, 2.24) is 5.32 Å². The molecule has 166 valence electrons. The second kappa shape index (κ2) is 11.0. The van der Waals surface area contributed by atoms with Gasteiger partial charge in [-0.15, -0.1) is 6.58 Å². The molecule has 2 unspecified atom stereocenters. The quantitative estimate of drug-likeness (QED) is 0.481. The maximum absolute atomic E-state index is 12.9. The molecule has 0 aliphatic heterocycles. The van der Waals surface area contributed by atoms with Gasteiger partial charge in [0.2, 0.25) is 5.91 Å². The van der Waals surface area contributed by atoms with Crippen molar-refractivity contribution in [3.8, 4) is 0 Å². The molecule has 0 saturated heterocycles. The zero-order valence-corrected chi connectivity index (χ0v) is 19.0. The minimum atomic E-state index is -0.861. The van der Waals surface area contributed by atoms with E-state index in [0.717, 1.165) is 5.56 Å². The SMILES string of the molecule is C=CCC(CC(=O)OC(C)(C)C)C(=O)NC(C(=O)OCc1ccccc1)C(C)(C)C. The van der Waals surface area contributed by atoms with Crippen molar-refractivity contribution in [2.75, 3.05) is 0 Å². The molecule has 2 atom stereocenters. The molecule has 6 heteroatoms. The van der Waals surface area contributed by atoms with Crippen LogP contribution in [-0.4, -0.2) is 29.5 Å². The summed E-state index contributed by atoms with van der Waals surface area (Å²) in [4.78, 5) is 37.8. The van der Waals surface area contributed by atoms with E-state index in [1.54, 1.807) is 26.8 Å². The maximum atomic E-state index is 12.9. The summed E-state index contributed by atoms with van der Waals surface area (Å²) in [6.45, 7) is 14.6. The Hall–Kier alpha value is -2.63. The van der Waals surface area contributed by atoms with E-state index in [2.05, 4.69) is 11.9 Å².